The van der Waals surface area contributed by atoms with Crippen LogP contribution in [0.25, 0.3) is 0 Å². The molecule has 2 heterocycles. The van der Waals surface area contributed by atoms with Crippen molar-refractivity contribution < 1.29 is 8.42 Å². The van der Waals surface area contributed by atoms with E-state index in [4.69, 9.17) is 0 Å². The molecule has 2 aliphatic rings. The summed E-state index contributed by atoms with van der Waals surface area (Å²) in [5.74, 6) is 0. The van der Waals surface area contributed by atoms with Crippen molar-refractivity contribution in [1.82, 2.24) is 9.62 Å². The van der Waals surface area contributed by atoms with E-state index in [2.05, 4.69) is 19.2 Å². The van der Waals surface area contributed by atoms with Crippen LogP contribution in [0.3, 0.4) is 0 Å². The molecule has 0 saturated carbocycles. The van der Waals surface area contributed by atoms with Crippen LogP contribution in [-0.2, 0) is 10.0 Å². The van der Waals surface area contributed by atoms with Crippen LogP contribution >= 0.6 is 0 Å². The van der Waals surface area contributed by atoms with Crippen molar-refractivity contribution in [2.45, 2.75) is 44.8 Å². The third-order valence-electron chi connectivity index (χ3n) is 4.58. The zero-order chi connectivity index (χ0) is 12.5. The minimum absolute atomic E-state index is 0.187. The van der Waals surface area contributed by atoms with Gasteiger partial charge in [-0.15, -0.1) is 0 Å². The van der Waals surface area contributed by atoms with Crippen LogP contribution in [-0.4, -0.2) is 44.2 Å². The minimum Gasteiger partial charge on any atom is -0.315 e. The molecule has 2 rings (SSSR count). The molecule has 2 aliphatic heterocycles. The molecule has 0 radical (unpaired) electrons. The van der Waals surface area contributed by atoms with Gasteiger partial charge in [0.25, 0.3) is 0 Å². The van der Waals surface area contributed by atoms with Gasteiger partial charge >= 0.3 is 0 Å². The normalized spacial score (nSPS) is 30.6. The Labute approximate surface area is 105 Å². The number of nitrogens with zero attached hydrogens (tertiary/aromatic N) is 1. The second-order valence-corrected chi connectivity index (χ2v) is 7.94. The Morgan fingerprint density at radius 1 is 1.35 bits per heavy atom. The number of hydrogen-bond acceptors (Lipinski definition) is 3. The van der Waals surface area contributed by atoms with E-state index in [1.807, 2.05) is 0 Å². The third-order valence-corrected chi connectivity index (χ3v) is 6.91. The lowest BCUT2D eigenvalue weighted by molar-refractivity contribution is 0.168. The lowest BCUT2D eigenvalue weighted by atomic mass is 9.79. The highest BCUT2D eigenvalue weighted by Gasteiger charge is 2.38. The maximum Gasteiger partial charge on any atom is 0.218 e. The molecule has 0 aliphatic carbocycles. The number of piperidine rings is 1. The van der Waals surface area contributed by atoms with Crippen LogP contribution in [0, 0.1) is 5.41 Å². The fourth-order valence-corrected chi connectivity index (χ4v) is 4.58. The molecule has 0 aromatic carbocycles. The molecule has 17 heavy (non-hydrogen) atoms. The summed E-state index contributed by atoms with van der Waals surface area (Å²) in [4.78, 5) is 0. The van der Waals surface area contributed by atoms with Crippen molar-refractivity contribution in [2.24, 2.45) is 5.41 Å². The molecule has 0 aromatic heterocycles. The SMILES string of the molecule is CCC1(C)CCN(S(=O)(=O)C2CCNC2)CC1. The van der Waals surface area contributed by atoms with Gasteiger partial charge in [-0.1, -0.05) is 20.3 Å². The molecule has 0 amide bonds. The average Bonchev–Trinajstić information content (AvgIpc) is 2.84. The van der Waals surface area contributed by atoms with E-state index < -0.39 is 10.0 Å². The molecule has 0 bridgehead atoms. The number of rotatable bonds is 3. The minimum atomic E-state index is -3.05. The van der Waals surface area contributed by atoms with Crippen LogP contribution in [0.2, 0.25) is 0 Å². The molecule has 1 unspecified atom stereocenters. The second kappa shape index (κ2) is 4.86. The highest BCUT2D eigenvalue weighted by atomic mass is 32.2. The summed E-state index contributed by atoms with van der Waals surface area (Å²) in [5.41, 5.74) is 0.347. The van der Waals surface area contributed by atoms with Crippen molar-refractivity contribution in [3.8, 4) is 0 Å². The summed E-state index contributed by atoms with van der Waals surface area (Å²) < 4.78 is 26.5. The van der Waals surface area contributed by atoms with Crippen LogP contribution in [0.5, 0.6) is 0 Å². The van der Waals surface area contributed by atoms with Crippen molar-refractivity contribution in [1.29, 1.82) is 0 Å². The first-order valence-corrected chi connectivity index (χ1v) is 8.18. The molecule has 100 valence electrons. The van der Waals surface area contributed by atoms with E-state index in [1.54, 1.807) is 4.31 Å². The van der Waals surface area contributed by atoms with Crippen LogP contribution in [0.15, 0.2) is 0 Å². The van der Waals surface area contributed by atoms with E-state index in [9.17, 15) is 8.42 Å². The summed E-state index contributed by atoms with van der Waals surface area (Å²) in [5, 5.41) is 2.95. The van der Waals surface area contributed by atoms with Crippen molar-refractivity contribution >= 4 is 10.0 Å². The Hall–Kier alpha value is -0.130. The lowest BCUT2D eigenvalue weighted by Gasteiger charge is -2.39. The Morgan fingerprint density at radius 3 is 2.47 bits per heavy atom. The zero-order valence-corrected chi connectivity index (χ0v) is 11.7. The fourth-order valence-electron chi connectivity index (χ4n) is 2.73. The average molecular weight is 260 g/mol. The first-order chi connectivity index (χ1) is 7.98. The van der Waals surface area contributed by atoms with Gasteiger partial charge < -0.3 is 5.32 Å². The molecular formula is C12H24N2O2S. The Bertz CT molecular complexity index is 353. The number of sulfonamides is 1. The van der Waals surface area contributed by atoms with Crippen molar-refractivity contribution in [3.05, 3.63) is 0 Å². The predicted molar refractivity (Wildman–Crippen MR) is 69.4 cm³/mol. The standard InChI is InChI=1S/C12H24N2O2S/c1-3-12(2)5-8-14(9-6-12)17(15,16)11-4-7-13-10-11/h11,13H,3-10H2,1-2H3. The fraction of sp³-hybridized carbons (Fsp3) is 1.00. The number of nitrogens with one attached hydrogen (secondary N) is 1. The zero-order valence-electron chi connectivity index (χ0n) is 10.9. The van der Waals surface area contributed by atoms with E-state index in [-0.39, 0.29) is 5.25 Å². The van der Waals surface area contributed by atoms with Gasteiger partial charge in [-0.3, -0.25) is 0 Å². The monoisotopic (exact) mass is 260 g/mol. The van der Waals surface area contributed by atoms with Gasteiger partial charge in [-0.25, -0.2) is 12.7 Å². The third kappa shape index (κ3) is 2.66. The van der Waals surface area contributed by atoms with Gasteiger partial charge in [0.1, 0.15) is 0 Å². The van der Waals surface area contributed by atoms with E-state index >= 15 is 0 Å². The van der Waals surface area contributed by atoms with Gasteiger partial charge in [-0.05, 0) is 31.2 Å². The van der Waals surface area contributed by atoms with E-state index in [0.717, 1.165) is 32.2 Å². The van der Waals surface area contributed by atoms with Gasteiger partial charge in [-0.2, -0.15) is 0 Å². The quantitative estimate of drug-likeness (QED) is 0.829. The highest BCUT2D eigenvalue weighted by molar-refractivity contribution is 7.89. The van der Waals surface area contributed by atoms with Crippen LogP contribution in [0.4, 0.5) is 0 Å². The molecule has 0 spiro atoms. The molecule has 0 aromatic rings. The maximum atomic E-state index is 12.4. The van der Waals surface area contributed by atoms with Crippen LogP contribution < -0.4 is 5.32 Å². The van der Waals surface area contributed by atoms with Crippen LogP contribution in [0.1, 0.15) is 39.5 Å². The predicted octanol–water partition coefficient (Wildman–Crippen LogP) is 1.19. The van der Waals surface area contributed by atoms with Gasteiger partial charge in [0.15, 0.2) is 0 Å². The van der Waals surface area contributed by atoms with E-state index in [1.165, 1.54) is 0 Å². The summed E-state index contributed by atoms with van der Waals surface area (Å²) in [6.45, 7) is 7.36. The second-order valence-electron chi connectivity index (χ2n) is 5.72. The van der Waals surface area contributed by atoms with Crippen molar-refractivity contribution in [3.63, 3.8) is 0 Å². The first kappa shape index (κ1) is 13.3. The Kier molecular flexibility index (Phi) is 3.80. The van der Waals surface area contributed by atoms with E-state index in [0.29, 0.717) is 25.0 Å². The highest BCUT2D eigenvalue weighted by Crippen LogP contribution is 2.35. The first-order valence-electron chi connectivity index (χ1n) is 6.68. The summed E-state index contributed by atoms with van der Waals surface area (Å²) in [6.07, 6.45) is 3.92. The maximum absolute atomic E-state index is 12.4. The number of hydrogen-bond donors (Lipinski definition) is 1. The Morgan fingerprint density at radius 2 is 2.00 bits per heavy atom. The van der Waals surface area contributed by atoms with Gasteiger partial charge in [0.2, 0.25) is 10.0 Å². The molecule has 2 fully saturated rings. The molecule has 1 atom stereocenters. The Balaban J connectivity index is 2.00. The summed E-state index contributed by atoms with van der Waals surface area (Å²) >= 11 is 0. The lowest BCUT2D eigenvalue weighted by Crippen LogP contribution is -2.46. The molecule has 1 N–H and O–H groups in total. The molecule has 2 saturated heterocycles. The topological polar surface area (TPSA) is 49.4 Å². The molecule has 4 nitrogen and oxygen atoms in total. The van der Waals surface area contributed by atoms with Gasteiger partial charge in [0, 0.05) is 19.6 Å². The smallest absolute Gasteiger partial charge is 0.218 e. The van der Waals surface area contributed by atoms with Gasteiger partial charge in [0.05, 0.1) is 5.25 Å². The molecular weight excluding hydrogens is 236 g/mol. The summed E-state index contributed by atoms with van der Waals surface area (Å²) in [6, 6.07) is 0. The largest absolute Gasteiger partial charge is 0.315 e. The summed E-state index contributed by atoms with van der Waals surface area (Å²) in [7, 11) is -3.05. The van der Waals surface area contributed by atoms with Crippen molar-refractivity contribution in [2.75, 3.05) is 26.2 Å². The molecule has 5 heteroatoms.